The average Bonchev–Trinajstić information content (AvgIpc) is 2.82. The summed E-state index contributed by atoms with van der Waals surface area (Å²) < 4.78 is 18.1. The molecule has 1 aromatic carbocycles. The highest BCUT2D eigenvalue weighted by Crippen LogP contribution is 2.33. The first kappa shape index (κ1) is 13.3. The van der Waals surface area contributed by atoms with Gasteiger partial charge in [-0.15, -0.1) is 0 Å². The van der Waals surface area contributed by atoms with E-state index in [1.54, 1.807) is 13.0 Å². The molecule has 21 heavy (non-hydrogen) atoms. The Labute approximate surface area is 119 Å². The predicted molar refractivity (Wildman–Crippen MR) is 72.3 cm³/mol. The lowest BCUT2D eigenvalue weighted by atomic mass is 9.89. The van der Waals surface area contributed by atoms with Crippen LogP contribution in [0.2, 0.25) is 0 Å². The Balaban J connectivity index is 1.88. The predicted octanol–water partition coefficient (Wildman–Crippen LogP) is 2.19. The van der Waals surface area contributed by atoms with Gasteiger partial charge in [0.05, 0.1) is 5.92 Å². The maximum absolute atomic E-state index is 13.2. The van der Waals surface area contributed by atoms with Crippen molar-refractivity contribution in [3.63, 3.8) is 0 Å². The summed E-state index contributed by atoms with van der Waals surface area (Å²) in [4.78, 5) is 24.0. The van der Waals surface area contributed by atoms with E-state index >= 15 is 0 Å². The lowest BCUT2D eigenvalue weighted by molar-refractivity contribution is -0.123. The Bertz CT molecular complexity index is 726. The van der Waals surface area contributed by atoms with E-state index in [1.165, 1.54) is 18.2 Å². The van der Waals surface area contributed by atoms with Gasteiger partial charge in [0.2, 0.25) is 11.8 Å². The number of benzene rings is 1. The fraction of sp³-hybridized carbons (Fsp3) is 0.214. The minimum Gasteiger partial charge on any atom is -0.360 e. The molecule has 2 aromatic rings. The number of halogens is 1. The molecule has 2 N–H and O–H groups in total. The van der Waals surface area contributed by atoms with E-state index in [4.69, 9.17) is 4.52 Å². The van der Waals surface area contributed by atoms with E-state index in [0.717, 1.165) is 0 Å². The summed E-state index contributed by atoms with van der Waals surface area (Å²) in [7, 11) is 0. The van der Waals surface area contributed by atoms with Crippen LogP contribution in [0.25, 0.3) is 0 Å². The molecule has 0 saturated carbocycles. The first-order chi connectivity index (χ1) is 10.0. The molecular formula is C14H12FN3O3. The summed E-state index contributed by atoms with van der Waals surface area (Å²) in [5, 5.41) is 8.82. The minimum atomic E-state index is -0.689. The van der Waals surface area contributed by atoms with E-state index in [2.05, 4.69) is 15.8 Å². The number of rotatable bonds is 2. The number of carbonyl (C=O) groups excluding carboxylic acids is 2. The highest BCUT2D eigenvalue weighted by Gasteiger charge is 2.31. The van der Waals surface area contributed by atoms with Crippen molar-refractivity contribution in [2.75, 3.05) is 10.6 Å². The second-order valence-electron chi connectivity index (χ2n) is 4.85. The van der Waals surface area contributed by atoms with Crippen molar-refractivity contribution in [2.24, 2.45) is 0 Å². The molecular weight excluding hydrogens is 277 g/mol. The van der Waals surface area contributed by atoms with Crippen LogP contribution in [0.3, 0.4) is 0 Å². The fourth-order valence-corrected chi connectivity index (χ4v) is 2.31. The van der Waals surface area contributed by atoms with Gasteiger partial charge < -0.3 is 15.2 Å². The third-order valence-electron chi connectivity index (χ3n) is 3.25. The summed E-state index contributed by atoms with van der Waals surface area (Å²) in [5.41, 5.74) is 0.899. The van der Waals surface area contributed by atoms with Crippen LogP contribution < -0.4 is 10.6 Å². The van der Waals surface area contributed by atoms with Gasteiger partial charge in [-0.05, 0) is 24.6 Å². The van der Waals surface area contributed by atoms with Crippen molar-refractivity contribution < 1.29 is 18.5 Å². The van der Waals surface area contributed by atoms with Crippen LogP contribution >= 0.6 is 0 Å². The third-order valence-corrected chi connectivity index (χ3v) is 3.25. The number of nitrogens with one attached hydrogen (secondary N) is 2. The summed E-state index contributed by atoms with van der Waals surface area (Å²) in [5.74, 6) is -1.02. The standard InChI is InChI=1S/C14H12FN3O3/c1-7-4-12(18-21-7)17-14(20)10-6-13(19)16-11-5-8(15)2-3-9(10)11/h2-5,10H,6H2,1H3,(H,16,19)(H,17,18,20)/t10-/m0/s1. The maximum Gasteiger partial charge on any atom is 0.233 e. The first-order valence-corrected chi connectivity index (χ1v) is 6.36. The van der Waals surface area contributed by atoms with Gasteiger partial charge in [-0.3, -0.25) is 9.59 Å². The molecule has 1 aliphatic heterocycles. The van der Waals surface area contributed by atoms with Gasteiger partial charge in [0, 0.05) is 18.2 Å². The zero-order valence-corrected chi connectivity index (χ0v) is 11.1. The second-order valence-corrected chi connectivity index (χ2v) is 4.85. The van der Waals surface area contributed by atoms with Crippen molar-refractivity contribution in [2.45, 2.75) is 19.3 Å². The van der Waals surface area contributed by atoms with Gasteiger partial charge in [0.25, 0.3) is 0 Å². The number of fused-ring (bicyclic) bond motifs is 1. The summed E-state index contributed by atoms with van der Waals surface area (Å²) >= 11 is 0. The molecule has 0 saturated heterocycles. The molecule has 1 atom stereocenters. The molecule has 2 heterocycles. The van der Waals surface area contributed by atoms with Crippen LogP contribution in [0, 0.1) is 12.7 Å². The summed E-state index contributed by atoms with van der Waals surface area (Å²) in [6.07, 6.45) is 0.00129. The highest BCUT2D eigenvalue weighted by atomic mass is 19.1. The average molecular weight is 289 g/mol. The van der Waals surface area contributed by atoms with E-state index in [9.17, 15) is 14.0 Å². The Kier molecular flexibility index (Phi) is 3.17. The Morgan fingerprint density at radius 2 is 2.29 bits per heavy atom. The van der Waals surface area contributed by atoms with Crippen LogP contribution in [0.4, 0.5) is 15.9 Å². The van der Waals surface area contributed by atoms with E-state index in [1.807, 2.05) is 0 Å². The lowest BCUT2D eigenvalue weighted by Gasteiger charge is -2.24. The van der Waals surface area contributed by atoms with E-state index < -0.39 is 11.7 Å². The molecule has 7 heteroatoms. The third kappa shape index (κ3) is 2.62. The topological polar surface area (TPSA) is 84.2 Å². The van der Waals surface area contributed by atoms with Crippen molar-refractivity contribution >= 4 is 23.3 Å². The van der Waals surface area contributed by atoms with Gasteiger partial charge in [-0.1, -0.05) is 11.2 Å². The maximum atomic E-state index is 13.2. The van der Waals surface area contributed by atoms with Gasteiger partial charge in [-0.2, -0.15) is 0 Å². The Morgan fingerprint density at radius 1 is 1.48 bits per heavy atom. The molecule has 1 aromatic heterocycles. The van der Waals surface area contributed by atoms with Crippen molar-refractivity contribution in [1.29, 1.82) is 0 Å². The molecule has 0 fully saturated rings. The van der Waals surface area contributed by atoms with E-state index in [0.29, 0.717) is 17.0 Å². The molecule has 0 aliphatic carbocycles. The molecule has 0 unspecified atom stereocenters. The number of anilines is 2. The van der Waals surface area contributed by atoms with Gasteiger partial charge in [0.15, 0.2) is 5.82 Å². The monoisotopic (exact) mass is 289 g/mol. The zero-order chi connectivity index (χ0) is 15.0. The fourth-order valence-electron chi connectivity index (χ4n) is 2.31. The first-order valence-electron chi connectivity index (χ1n) is 6.36. The molecule has 6 nitrogen and oxygen atoms in total. The lowest BCUT2D eigenvalue weighted by Crippen LogP contribution is -2.31. The second kappa shape index (κ2) is 5.01. The highest BCUT2D eigenvalue weighted by molar-refractivity contribution is 6.04. The number of amides is 2. The summed E-state index contributed by atoms with van der Waals surface area (Å²) in [6, 6.07) is 5.54. The molecule has 0 radical (unpaired) electrons. The molecule has 108 valence electrons. The van der Waals surface area contributed by atoms with Crippen LogP contribution in [-0.2, 0) is 9.59 Å². The Morgan fingerprint density at radius 3 is 3.00 bits per heavy atom. The molecule has 1 aliphatic rings. The van der Waals surface area contributed by atoms with Crippen LogP contribution in [0.15, 0.2) is 28.8 Å². The largest absolute Gasteiger partial charge is 0.360 e. The molecule has 2 amide bonds. The van der Waals surface area contributed by atoms with E-state index in [-0.39, 0.29) is 24.1 Å². The number of aryl methyl sites for hydroxylation is 1. The SMILES string of the molecule is Cc1cc(NC(=O)[C@H]2CC(=O)Nc3cc(F)ccc32)no1. The van der Waals surface area contributed by atoms with Crippen molar-refractivity contribution in [3.8, 4) is 0 Å². The van der Waals surface area contributed by atoms with Gasteiger partial charge in [-0.25, -0.2) is 4.39 Å². The van der Waals surface area contributed by atoms with Crippen LogP contribution in [0.5, 0.6) is 0 Å². The molecule has 3 rings (SSSR count). The number of hydrogen-bond donors (Lipinski definition) is 2. The number of aromatic nitrogens is 1. The molecule has 0 spiro atoms. The zero-order valence-electron chi connectivity index (χ0n) is 11.1. The minimum absolute atomic E-state index is 0.00129. The molecule has 0 bridgehead atoms. The van der Waals surface area contributed by atoms with Crippen LogP contribution in [0.1, 0.15) is 23.7 Å². The number of nitrogens with zero attached hydrogens (tertiary/aromatic N) is 1. The van der Waals surface area contributed by atoms with Crippen molar-refractivity contribution in [3.05, 3.63) is 41.4 Å². The van der Waals surface area contributed by atoms with Gasteiger partial charge in [0.1, 0.15) is 11.6 Å². The smallest absolute Gasteiger partial charge is 0.233 e. The summed E-state index contributed by atoms with van der Waals surface area (Å²) in [6.45, 7) is 1.70. The van der Waals surface area contributed by atoms with Crippen LogP contribution in [-0.4, -0.2) is 17.0 Å². The quantitative estimate of drug-likeness (QED) is 0.887. The van der Waals surface area contributed by atoms with Gasteiger partial charge >= 0.3 is 0 Å². The number of hydrogen-bond acceptors (Lipinski definition) is 4. The van der Waals surface area contributed by atoms with Crippen molar-refractivity contribution in [1.82, 2.24) is 5.16 Å². The number of carbonyl (C=O) groups is 2. The Hall–Kier alpha value is -2.70. The normalized spacial score (nSPS) is 17.0.